The minimum atomic E-state index is -1.81. The number of likely N-dealkylation sites (N-methyl/N-ethyl adjacent to an activating group) is 1. The van der Waals surface area contributed by atoms with Gasteiger partial charge in [0, 0.05) is 52.9 Å². The van der Waals surface area contributed by atoms with E-state index in [9.17, 15) is 4.79 Å². The first-order chi connectivity index (χ1) is 18.5. The maximum atomic E-state index is 12.1. The number of carbonyl (C=O) groups excluding carboxylic acids is 1. The molecule has 1 heterocycles. The van der Waals surface area contributed by atoms with Crippen molar-refractivity contribution in [3.63, 3.8) is 0 Å². The van der Waals surface area contributed by atoms with Crippen molar-refractivity contribution in [3.05, 3.63) is 91.0 Å². The average molecular weight is 532 g/mol. The molecule has 8 heteroatoms. The molecule has 7 nitrogen and oxygen atoms in total. The first-order valence-corrected chi connectivity index (χ1v) is 15.3. The molecule has 38 heavy (non-hydrogen) atoms. The Morgan fingerprint density at radius 3 is 1.66 bits per heavy atom. The predicted molar refractivity (Wildman–Crippen MR) is 160 cm³/mol. The van der Waals surface area contributed by atoms with Gasteiger partial charge < -0.3 is 16.0 Å². The molecule has 0 aliphatic carbocycles. The largest absolute Gasteiger partial charge is 0.370 e. The Labute approximate surface area is 227 Å². The highest BCUT2D eigenvalue weighted by molar-refractivity contribution is 7.95. The summed E-state index contributed by atoms with van der Waals surface area (Å²) in [5.74, 6) is -0.209. The van der Waals surface area contributed by atoms with Gasteiger partial charge in [-0.1, -0.05) is 54.6 Å². The summed E-state index contributed by atoms with van der Waals surface area (Å²) in [7, 11) is -0.169. The lowest BCUT2D eigenvalue weighted by molar-refractivity contribution is -0.121. The molecule has 4 rings (SSSR count). The minimum Gasteiger partial charge on any atom is -0.370 e. The molecule has 1 aliphatic heterocycles. The third kappa shape index (κ3) is 6.98. The molecular weight excluding hydrogens is 491 g/mol. The van der Waals surface area contributed by atoms with E-state index in [0.717, 1.165) is 45.4 Å². The fourth-order valence-corrected chi connectivity index (χ4v) is 9.41. The van der Waals surface area contributed by atoms with Crippen LogP contribution in [0.25, 0.3) is 0 Å². The third-order valence-electron chi connectivity index (χ3n) is 7.35. The van der Waals surface area contributed by atoms with E-state index in [4.69, 9.17) is 11.1 Å². The van der Waals surface area contributed by atoms with Crippen molar-refractivity contribution in [2.75, 3.05) is 65.6 Å². The Hall–Kier alpha value is -3.25. The van der Waals surface area contributed by atoms with E-state index in [2.05, 4.69) is 106 Å². The Balaban J connectivity index is 1.39. The average Bonchev–Trinajstić information content (AvgIpc) is 2.96. The third-order valence-corrected chi connectivity index (χ3v) is 11.8. The summed E-state index contributed by atoms with van der Waals surface area (Å²) in [6.07, 6.45) is 1.10. The summed E-state index contributed by atoms with van der Waals surface area (Å²) < 4.78 is 0. The standard InChI is InChI=1S/C30H39N6OP/c1-34(30(31)32)25-29(37)33-17-18-35-19-21-36(22-20-35)23-24-38(26-11-5-2-6-12-26,27-13-7-3-8-14-27)28-15-9-4-10-16-28/h2-16H,17-25H2,1H3,(H3-,31,32,33,37)/p+1. The van der Waals surface area contributed by atoms with E-state index in [-0.39, 0.29) is 18.4 Å². The van der Waals surface area contributed by atoms with Gasteiger partial charge in [-0.15, -0.1) is 0 Å². The van der Waals surface area contributed by atoms with Crippen LogP contribution < -0.4 is 27.0 Å². The van der Waals surface area contributed by atoms with Gasteiger partial charge >= 0.3 is 0 Å². The van der Waals surface area contributed by atoms with Crippen LogP contribution in [0.15, 0.2) is 91.0 Å². The smallest absolute Gasteiger partial charge is 0.239 e. The molecule has 1 saturated heterocycles. The van der Waals surface area contributed by atoms with Crippen molar-refractivity contribution in [1.82, 2.24) is 20.0 Å². The Bertz CT molecular complexity index is 1060. The van der Waals surface area contributed by atoms with Gasteiger partial charge in [-0.05, 0) is 36.4 Å². The van der Waals surface area contributed by atoms with Crippen molar-refractivity contribution in [3.8, 4) is 0 Å². The van der Waals surface area contributed by atoms with Crippen LogP contribution >= 0.6 is 7.26 Å². The summed E-state index contributed by atoms with van der Waals surface area (Å²) in [5.41, 5.74) is 5.41. The molecule has 200 valence electrons. The van der Waals surface area contributed by atoms with Gasteiger partial charge in [-0.3, -0.25) is 20.0 Å². The van der Waals surface area contributed by atoms with Crippen LogP contribution in [0.2, 0.25) is 0 Å². The number of nitrogens with zero attached hydrogens (tertiary/aromatic N) is 3. The predicted octanol–water partition coefficient (Wildman–Crippen LogP) is 1.54. The number of nitrogens with two attached hydrogens (primary N) is 1. The van der Waals surface area contributed by atoms with Crippen LogP contribution in [0.4, 0.5) is 0 Å². The van der Waals surface area contributed by atoms with E-state index >= 15 is 0 Å². The Kier molecular flexibility index (Phi) is 9.88. The van der Waals surface area contributed by atoms with E-state index in [1.54, 1.807) is 7.05 Å². The second-order valence-corrected chi connectivity index (χ2v) is 13.4. The molecule has 1 amide bonds. The number of piperazine rings is 1. The minimum absolute atomic E-state index is 0.102. The summed E-state index contributed by atoms with van der Waals surface area (Å²) >= 11 is 0. The lowest BCUT2D eigenvalue weighted by Gasteiger charge is -2.36. The maximum absolute atomic E-state index is 12.1. The molecule has 0 unspecified atom stereocenters. The maximum Gasteiger partial charge on any atom is 0.239 e. The van der Waals surface area contributed by atoms with Crippen LogP contribution in [0, 0.1) is 5.41 Å². The molecule has 0 atom stereocenters. The molecule has 3 aromatic carbocycles. The normalized spacial score (nSPS) is 14.7. The fraction of sp³-hybridized carbons (Fsp3) is 0.333. The molecule has 0 spiro atoms. The molecule has 0 saturated carbocycles. The highest BCUT2D eigenvalue weighted by Crippen LogP contribution is 2.55. The Morgan fingerprint density at radius 1 is 0.816 bits per heavy atom. The van der Waals surface area contributed by atoms with Crippen molar-refractivity contribution >= 4 is 35.0 Å². The van der Waals surface area contributed by atoms with Crippen LogP contribution in [-0.2, 0) is 4.79 Å². The summed E-state index contributed by atoms with van der Waals surface area (Å²) in [6.45, 7) is 6.65. The van der Waals surface area contributed by atoms with Crippen LogP contribution in [-0.4, -0.2) is 92.1 Å². The zero-order valence-electron chi connectivity index (χ0n) is 22.3. The van der Waals surface area contributed by atoms with Crippen molar-refractivity contribution in [1.29, 1.82) is 5.41 Å². The molecule has 0 radical (unpaired) electrons. The van der Waals surface area contributed by atoms with E-state index in [0.29, 0.717) is 6.54 Å². The highest BCUT2D eigenvalue weighted by Gasteiger charge is 2.45. The zero-order valence-corrected chi connectivity index (χ0v) is 23.2. The zero-order chi connectivity index (χ0) is 26.8. The quantitative estimate of drug-likeness (QED) is 0.199. The van der Waals surface area contributed by atoms with E-state index in [1.165, 1.54) is 20.8 Å². The second-order valence-electron chi connectivity index (χ2n) is 9.81. The van der Waals surface area contributed by atoms with Gasteiger partial charge in [-0.25, -0.2) is 0 Å². The van der Waals surface area contributed by atoms with Crippen molar-refractivity contribution in [2.45, 2.75) is 0 Å². The van der Waals surface area contributed by atoms with Crippen LogP contribution in [0.1, 0.15) is 0 Å². The number of amides is 1. The lowest BCUT2D eigenvalue weighted by Crippen LogP contribution is -2.50. The summed E-state index contributed by atoms with van der Waals surface area (Å²) in [4.78, 5) is 18.5. The van der Waals surface area contributed by atoms with Gasteiger partial charge in [0.15, 0.2) is 5.96 Å². The van der Waals surface area contributed by atoms with Crippen LogP contribution in [0.5, 0.6) is 0 Å². The van der Waals surface area contributed by atoms with E-state index in [1.807, 2.05) is 0 Å². The molecule has 3 aromatic rings. The lowest BCUT2D eigenvalue weighted by atomic mass is 10.3. The van der Waals surface area contributed by atoms with Gasteiger partial charge in [0.1, 0.15) is 23.2 Å². The molecule has 0 bridgehead atoms. The van der Waals surface area contributed by atoms with Gasteiger partial charge in [-0.2, -0.15) is 0 Å². The number of carbonyl (C=O) groups is 1. The summed E-state index contributed by atoms with van der Waals surface area (Å²) in [6, 6.07) is 33.2. The number of guanidine groups is 1. The van der Waals surface area contributed by atoms with E-state index < -0.39 is 7.26 Å². The monoisotopic (exact) mass is 531 g/mol. The van der Waals surface area contributed by atoms with Gasteiger partial charge in [0.25, 0.3) is 0 Å². The van der Waals surface area contributed by atoms with Crippen molar-refractivity contribution < 1.29 is 4.79 Å². The molecular formula is C30H40N6OP+. The number of hydrogen-bond acceptors (Lipinski definition) is 4. The number of nitrogens with one attached hydrogen (secondary N) is 2. The van der Waals surface area contributed by atoms with Crippen molar-refractivity contribution in [2.24, 2.45) is 5.73 Å². The summed E-state index contributed by atoms with van der Waals surface area (Å²) in [5, 5.41) is 14.6. The van der Waals surface area contributed by atoms with Crippen LogP contribution in [0.3, 0.4) is 0 Å². The second kappa shape index (κ2) is 13.5. The van der Waals surface area contributed by atoms with Gasteiger partial charge in [0.2, 0.25) is 5.91 Å². The topological polar surface area (TPSA) is 88.7 Å². The number of benzene rings is 3. The molecule has 0 aromatic heterocycles. The number of hydrogen-bond donors (Lipinski definition) is 3. The SMILES string of the molecule is CN(CC(=O)NCCN1CCN(CC[P+](c2ccccc2)(c2ccccc2)c2ccccc2)CC1)C(=N)N. The fourth-order valence-electron chi connectivity index (χ4n) is 5.12. The first-order valence-electron chi connectivity index (χ1n) is 13.3. The molecule has 1 aliphatic rings. The molecule has 1 fully saturated rings. The highest BCUT2D eigenvalue weighted by atomic mass is 31.2. The number of rotatable bonds is 11. The Morgan fingerprint density at radius 2 is 1.24 bits per heavy atom. The molecule has 4 N–H and O–H groups in total. The first kappa shape index (κ1) is 27.8. The van der Waals surface area contributed by atoms with Gasteiger partial charge in [0.05, 0.1) is 12.7 Å².